The Bertz CT molecular complexity index is 1290. The van der Waals surface area contributed by atoms with Gasteiger partial charge in [0, 0.05) is 17.6 Å². The van der Waals surface area contributed by atoms with Gasteiger partial charge >= 0.3 is 0 Å². The summed E-state index contributed by atoms with van der Waals surface area (Å²) in [4.78, 5) is 30.3. The first kappa shape index (κ1) is 20.2. The molecule has 0 aliphatic carbocycles. The van der Waals surface area contributed by atoms with Crippen molar-refractivity contribution in [2.24, 2.45) is 0 Å². The standard InChI is InChI=1S/C23H23N3O3S/c1-4-9-26-22(28)21-20(17-7-5-6-8-18(17)29-21)25-23(26)30-13-19(27)24-16-11-14(2)10-15(3)12-16/h5-8,10-12H,4,9,13H2,1-3H3,(H,24,27). The quantitative estimate of drug-likeness (QED) is 0.354. The molecule has 154 valence electrons. The Balaban J connectivity index is 1.63. The summed E-state index contributed by atoms with van der Waals surface area (Å²) in [6.45, 7) is 6.50. The summed E-state index contributed by atoms with van der Waals surface area (Å²) in [6.07, 6.45) is 0.773. The molecule has 0 spiro atoms. The maximum absolute atomic E-state index is 13.0. The number of amides is 1. The lowest BCUT2D eigenvalue weighted by molar-refractivity contribution is -0.113. The predicted molar refractivity (Wildman–Crippen MR) is 121 cm³/mol. The predicted octanol–water partition coefficient (Wildman–Crippen LogP) is 4.90. The smallest absolute Gasteiger partial charge is 0.297 e. The van der Waals surface area contributed by atoms with Crippen LogP contribution in [0.1, 0.15) is 24.5 Å². The fourth-order valence-corrected chi connectivity index (χ4v) is 4.38. The van der Waals surface area contributed by atoms with E-state index in [9.17, 15) is 9.59 Å². The van der Waals surface area contributed by atoms with Crippen LogP contribution >= 0.6 is 11.8 Å². The number of thioether (sulfide) groups is 1. The molecule has 0 aliphatic rings. The van der Waals surface area contributed by atoms with Gasteiger partial charge in [-0.25, -0.2) is 4.98 Å². The van der Waals surface area contributed by atoms with Gasteiger partial charge in [-0.15, -0.1) is 0 Å². The number of carbonyl (C=O) groups excluding carboxylic acids is 1. The fraction of sp³-hybridized carbons (Fsp3) is 0.261. The number of carbonyl (C=O) groups is 1. The maximum atomic E-state index is 13.0. The van der Waals surface area contributed by atoms with Crippen LogP contribution in [-0.2, 0) is 11.3 Å². The van der Waals surface area contributed by atoms with Crippen molar-refractivity contribution in [3.8, 4) is 0 Å². The van der Waals surface area contributed by atoms with Crippen molar-refractivity contribution < 1.29 is 9.21 Å². The van der Waals surface area contributed by atoms with Crippen LogP contribution in [0.25, 0.3) is 22.1 Å². The number of furan rings is 1. The molecule has 2 heterocycles. The minimum Gasteiger partial charge on any atom is -0.448 e. The molecule has 4 aromatic rings. The van der Waals surface area contributed by atoms with Crippen molar-refractivity contribution in [3.05, 3.63) is 63.9 Å². The van der Waals surface area contributed by atoms with Crippen LogP contribution in [0.2, 0.25) is 0 Å². The third kappa shape index (κ3) is 3.98. The van der Waals surface area contributed by atoms with Crippen LogP contribution in [-0.4, -0.2) is 21.2 Å². The molecule has 0 saturated heterocycles. The number of hydrogen-bond acceptors (Lipinski definition) is 5. The van der Waals surface area contributed by atoms with E-state index in [0.717, 1.165) is 28.6 Å². The SMILES string of the molecule is CCCn1c(SCC(=O)Nc2cc(C)cc(C)c2)nc2c(oc3ccccc32)c1=O. The largest absolute Gasteiger partial charge is 0.448 e. The molecule has 0 atom stereocenters. The molecular formula is C23H23N3O3S. The van der Waals surface area contributed by atoms with Gasteiger partial charge in [-0.05, 0) is 55.7 Å². The highest BCUT2D eigenvalue weighted by atomic mass is 32.2. The number of para-hydroxylation sites is 1. The summed E-state index contributed by atoms with van der Waals surface area (Å²) in [6, 6.07) is 13.4. The molecule has 0 unspecified atom stereocenters. The van der Waals surface area contributed by atoms with Crippen LogP contribution in [0.15, 0.2) is 56.8 Å². The van der Waals surface area contributed by atoms with Gasteiger partial charge in [-0.2, -0.15) is 0 Å². The fourth-order valence-electron chi connectivity index (χ4n) is 3.56. The average molecular weight is 422 g/mol. The lowest BCUT2D eigenvalue weighted by Crippen LogP contribution is -2.23. The molecule has 0 radical (unpaired) electrons. The zero-order valence-corrected chi connectivity index (χ0v) is 18.0. The van der Waals surface area contributed by atoms with Crippen LogP contribution < -0.4 is 10.9 Å². The van der Waals surface area contributed by atoms with Crippen LogP contribution in [0.5, 0.6) is 0 Å². The van der Waals surface area contributed by atoms with Crippen LogP contribution in [0, 0.1) is 13.8 Å². The summed E-state index contributed by atoms with van der Waals surface area (Å²) in [7, 11) is 0. The van der Waals surface area contributed by atoms with Crippen molar-refractivity contribution in [2.45, 2.75) is 38.9 Å². The molecule has 1 N–H and O–H groups in total. The molecule has 0 saturated carbocycles. The van der Waals surface area contributed by atoms with Crippen molar-refractivity contribution in [1.82, 2.24) is 9.55 Å². The zero-order chi connectivity index (χ0) is 21.3. The van der Waals surface area contributed by atoms with E-state index in [1.165, 1.54) is 11.8 Å². The van der Waals surface area contributed by atoms with Gasteiger partial charge in [0.05, 0.1) is 5.75 Å². The lowest BCUT2D eigenvalue weighted by atomic mass is 10.1. The number of rotatable bonds is 6. The number of fused-ring (bicyclic) bond motifs is 3. The topological polar surface area (TPSA) is 77.1 Å². The molecule has 6 nitrogen and oxygen atoms in total. The first-order chi connectivity index (χ1) is 14.5. The third-order valence-electron chi connectivity index (χ3n) is 4.73. The second-order valence-corrected chi connectivity index (χ2v) is 8.28. The summed E-state index contributed by atoms with van der Waals surface area (Å²) in [5, 5.41) is 4.25. The number of hydrogen-bond donors (Lipinski definition) is 1. The average Bonchev–Trinajstić information content (AvgIpc) is 3.07. The van der Waals surface area contributed by atoms with E-state index in [2.05, 4.69) is 11.4 Å². The van der Waals surface area contributed by atoms with Crippen LogP contribution in [0.4, 0.5) is 5.69 Å². The van der Waals surface area contributed by atoms with Gasteiger partial charge in [0.2, 0.25) is 11.5 Å². The van der Waals surface area contributed by atoms with E-state index < -0.39 is 0 Å². The minimum atomic E-state index is -0.213. The molecule has 0 aliphatic heterocycles. The maximum Gasteiger partial charge on any atom is 0.297 e. The Kier molecular flexibility index (Phi) is 5.63. The van der Waals surface area contributed by atoms with E-state index in [0.29, 0.717) is 22.8 Å². The molecule has 30 heavy (non-hydrogen) atoms. The summed E-state index contributed by atoms with van der Waals surface area (Å²) in [5.74, 6) is 0.0178. The Morgan fingerprint density at radius 3 is 2.63 bits per heavy atom. The molecule has 0 fully saturated rings. The first-order valence-electron chi connectivity index (χ1n) is 9.89. The molecule has 0 bridgehead atoms. The number of aromatic nitrogens is 2. The van der Waals surface area contributed by atoms with Crippen molar-refractivity contribution in [3.63, 3.8) is 0 Å². The molecular weight excluding hydrogens is 398 g/mol. The third-order valence-corrected chi connectivity index (χ3v) is 5.71. The highest BCUT2D eigenvalue weighted by molar-refractivity contribution is 7.99. The number of benzene rings is 2. The second-order valence-electron chi connectivity index (χ2n) is 7.34. The minimum absolute atomic E-state index is 0.139. The van der Waals surface area contributed by atoms with Gasteiger partial charge in [0.15, 0.2) is 5.16 Å². The van der Waals surface area contributed by atoms with Gasteiger partial charge in [0.1, 0.15) is 11.1 Å². The second kappa shape index (κ2) is 8.36. The molecule has 1 amide bonds. The monoisotopic (exact) mass is 421 g/mol. The highest BCUT2D eigenvalue weighted by Gasteiger charge is 2.18. The van der Waals surface area contributed by atoms with Gasteiger partial charge in [-0.1, -0.05) is 36.9 Å². The number of nitrogens with zero attached hydrogens (tertiary/aromatic N) is 2. The first-order valence-corrected chi connectivity index (χ1v) is 10.9. The van der Waals surface area contributed by atoms with Crippen molar-refractivity contribution in [1.29, 1.82) is 0 Å². The highest BCUT2D eigenvalue weighted by Crippen LogP contribution is 2.27. The molecule has 4 rings (SSSR count). The van der Waals surface area contributed by atoms with Gasteiger partial charge < -0.3 is 9.73 Å². The van der Waals surface area contributed by atoms with E-state index in [4.69, 9.17) is 9.40 Å². The Labute approximate surface area is 178 Å². The Morgan fingerprint density at radius 2 is 1.90 bits per heavy atom. The Morgan fingerprint density at radius 1 is 1.17 bits per heavy atom. The van der Waals surface area contributed by atoms with Crippen LogP contribution in [0.3, 0.4) is 0 Å². The van der Waals surface area contributed by atoms with Gasteiger partial charge in [0.25, 0.3) is 5.56 Å². The van der Waals surface area contributed by atoms with E-state index >= 15 is 0 Å². The van der Waals surface area contributed by atoms with E-state index in [1.807, 2.05) is 57.2 Å². The normalized spacial score (nSPS) is 11.3. The van der Waals surface area contributed by atoms with E-state index in [-0.39, 0.29) is 22.8 Å². The summed E-state index contributed by atoms with van der Waals surface area (Å²) >= 11 is 1.26. The summed E-state index contributed by atoms with van der Waals surface area (Å²) < 4.78 is 7.36. The van der Waals surface area contributed by atoms with Crippen molar-refractivity contribution in [2.75, 3.05) is 11.1 Å². The number of anilines is 1. The number of aryl methyl sites for hydroxylation is 2. The van der Waals surface area contributed by atoms with E-state index in [1.54, 1.807) is 4.57 Å². The zero-order valence-electron chi connectivity index (χ0n) is 17.2. The molecule has 2 aromatic carbocycles. The van der Waals surface area contributed by atoms with Crippen molar-refractivity contribution >= 4 is 45.4 Å². The lowest BCUT2D eigenvalue weighted by Gasteiger charge is -2.11. The van der Waals surface area contributed by atoms with Gasteiger partial charge in [-0.3, -0.25) is 14.2 Å². The number of nitrogens with one attached hydrogen (secondary N) is 1. The molecule has 7 heteroatoms. The Hall–Kier alpha value is -3.06. The summed E-state index contributed by atoms with van der Waals surface area (Å²) in [5.41, 5.74) is 4.18. The molecule has 2 aromatic heterocycles.